The summed E-state index contributed by atoms with van der Waals surface area (Å²) >= 11 is 5.95. The van der Waals surface area contributed by atoms with Crippen molar-refractivity contribution in [2.45, 2.75) is 33.1 Å². The zero-order chi connectivity index (χ0) is 14.0. The summed E-state index contributed by atoms with van der Waals surface area (Å²) in [6.45, 7) is 5.87. The molecule has 100 valence electrons. The Kier molecular flexibility index (Phi) is 4.05. The Hall–Kier alpha value is -1.61. The fourth-order valence-corrected chi connectivity index (χ4v) is 2.47. The maximum atomic E-state index is 12.0. The van der Waals surface area contributed by atoms with Crippen molar-refractivity contribution in [1.29, 1.82) is 0 Å². The van der Waals surface area contributed by atoms with E-state index in [1.807, 2.05) is 45.0 Å². The molecule has 0 aliphatic carbocycles. The van der Waals surface area contributed by atoms with E-state index < -0.39 is 0 Å². The molecular weight excluding hydrogens is 260 g/mol. The Morgan fingerprint density at radius 3 is 2.68 bits per heavy atom. The highest BCUT2D eigenvalue weighted by molar-refractivity contribution is 6.30. The van der Waals surface area contributed by atoms with Gasteiger partial charge in [-0.1, -0.05) is 37.6 Å². The van der Waals surface area contributed by atoms with Gasteiger partial charge in [-0.05, 0) is 30.5 Å². The molecule has 0 fully saturated rings. The van der Waals surface area contributed by atoms with Gasteiger partial charge in [-0.15, -0.1) is 0 Å². The molecule has 0 saturated heterocycles. The van der Waals surface area contributed by atoms with Crippen LogP contribution in [0.25, 0.3) is 0 Å². The van der Waals surface area contributed by atoms with Crippen molar-refractivity contribution in [2.75, 3.05) is 0 Å². The SMILES string of the molecule is Cc1nc(Cc2cccc(Cl)c2)[nH]c(=O)c1C(C)C. The van der Waals surface area contributed by atoms with Crippen LogP contribution in [-0.4, -0.2) is 9.97 Å². The van der Waals surface area contributed by atoms with Crippen molar-refractivity contribution < 1.29 is 0 Å². The van der Waals surface area contributed by atoms with Gasteiger partial charge in [0.25, 0.3) is 5.56 Å². The number of halogens is 1. The molecule has 1 heterocycles. The molecule has 0 unspecified atom stereocenters. The highest BCUT2D eigenvalue weighted by Gasteiger charge is 2.11. The van der Waals surface area contributed by atoms with Crippen molar-refractivity contribution in [3.8, 4) is 0 Å². The monoisotopic (exact) mass is 276 g/mol. The molecule has 0 radical (unpaired) electrons. The fourth-order valence-electron chi connectivity index (χ4n) is 2.26. The summed E-state index contributed by atoms with van der Waals surface area (Å²) in [6, 6.07) is 7.57. The zero-order valence-corrected chi connectivity index (χ0v) is 12.1. The number of nitrogens with zero attached hydrogens (tertiary/aromatic N) is 1. The summed E-state index contributed by atoms with van der Waals surface area (Å²) in [7, 11) is 0. The molecule has 0 amide bonds. The van der Waals surface area contributed by atoms with E-state index in [0.717, 1.165) is 16.8 Å². The highest BCUT2D eigenvalue weighted by Crippen LogP contribution is 2.15. The Morgan fingerprint density at radius 2 is 2.11 bits per heavy atom. The van der Waals surface area contributed by atoms with Gasteiger partial charge in [0.05, 0.1) is 0 Å². The van der Waals surface area contributed by atoms with Gasteiger partial charge in [-0.3, -0.25) is 4.79 Å². The molecule has 1 N–H and O–H groups in total. The van der Waals surface area contributed by atoms with Gasteiger partial charge in [-0.2, -0.15) is 0 Å². The van der Waals surface area contributed by atoms with Crippen molar-refractivity contribution >= 4 is 11.6 Å². The number of aryl methyl sites for hydroxylation is 1. The van der Waals surface area contributed by atoms with E-state index in [9.17, 15) is 4.79 Å². The predicted molar refractivity (Wildman–Crippen MR) is 77.9 cm³/mol. The predicted octanol–water partition coefficient (Wildman–Crippen LogP) is 3.45. The van der Waals surface area contributed by atoms with Gasteiger partial charge < -0.3 is 4.98 Å². The van der Waals surface area contributed by atoms with Crippen molar-refractivity contribution in [3.05, 3.63) is 62.3 Å². The lowest BCUT2D eigenvalue weighted by Gasteiger charge is -2.09. The fraction of sp³-hybridized carbons (Fsp3) is 0.333. The van der Waals surface area contributed by atoms with Crippen LogP contribution in [0, 0.1) is 6.92 Å². The summed E-state index contributed by atoms with van der Waals surface area (Å²) in [5, 5.41) is 0.690. The molecule has 0 bridgehead atoms. The van der Waals surface area contributed by atoms with E-state index in [2.05, 4.69) is 9.97 Å². The minimum Gasteiger partial charge on any atom is -0.310 e. The number of aromatic nitrogens is 2. The first-order valence-corrected chi connectivity index (χ1v) is 6.69. The summed E-state index contributed by atoms with van der Waals surface area (Å²) in [6.07, 6.45) is 0.578. The first kappa shape index (κ1) is 13.8. The molecule has 19 heavy (non-hydrogen) atoms. The average molecular weight is 277 g/mol. The molecule has 2 aromatic rings. The third-order valence-corrected chi connectivity index (χ3v) is 3.27. The van der Waals surface area contributed by atoms with E-state index >= 15 is 0 Å². The summed E-state index contributed by atoms with van der Waals surface area (Å²) < 4.78 is 0. The quantitative estimate of drug-likeness (QED) is 0.933. The number of nitrogens with one attached hydrogen (secondary N) is 1. The zero-order valence-electron chi connectivity index (χ0n) is 11.3. The topological polar surface area (TPSA) is 45.8 Å². The molecule has 1 aromatic carbocycles. The number of benzene rings is 1. The lowest BCUT2D eigenvalue weighted by molar-refractivity contribution is 0.791. The third kappa shape index (κ3) is 3.24. The molecule has 3 nitrogen and oxygen atoms in total. The van der Waals surface area contributed by atoms with E-state index in [-0.39, 0.29) is 11.5 Å². The van der Waals surface area contributed by atoms with E-state index in [1.54, 1.807) is 0 Å². The first-order valence-electron chi connectivity index (χ1n) is 6.31. The minimum absolute atomic E-state index is 0.0421. The second kappa shape index (κ2) is 5.57. The summed E-state index contributed by atoms with van der Waals surface area (Å²) in [4.78, 5) is 19.4. The van der Waals surface area contributed by atoms with E-state index in [1.165, 1.54) is 0 Å². The number of hydrogen-bond donors (Lipinski definition) is 1. The lowest BCUT2D eigenvalue weighted by atomic mass is 10.0. The second-order valence-corrected chi connectivity index (χ2v) is 5.41. The molecule has 0 aliphatic heterocycles. The Bertz CT molecular complexity index is 647. The number of aromatic amines is 1. The molecule has 2 rings (SSSR count). The van der Waals surface area contributed by atoms with Crippen LogP contribution in [0.5, 0.6) is 0 Å². The van der Waals surface area contributed by atoms with Crippen LogP contribution in [0.4, 0.5) is 0 Å². The van der Waals surface area contributed by atoms with Crippen LogP contribution in [0.1, 0.15) is 42.4 Å². The minimum atomic E-state index is -0.0421. The largest absolute Gasteiger partial charge is 0.310 e. The normalized spacial score (nSPS) is 11.0. The maximum absolute atomic E-state index is 12.0. The van der Waals surface area contributed by atoms with Crippen LogP contribution in [0.2, 0.25) is 5.02 Å². The number of rotatable bonds is 3. The lowest BCUT2D eigenvalue weighted by Crippen LogP contribution is -2.20. The van der Waals surface area contributed by atoms with Crippen LogP contribution >= 0.6 is 11.6 Å². The standard InChI is InChI=1S/C15H17ClN2O/c1-9(2)14-10(3)17-13(18-15(14)19)8-11-5-4-6-12(16)7-11/h4-7,9H,8H2,1-3H3,(H,17,18,19). The summed E-state index contributed by atoms with van der Waals surface area (Å²) in [5.74, 6) is 0.852. The Balaban J connectivity index is 2.35. The number of H-pyrrole nitrogens is 1. The van der Waals surface area contributed by atoms with Crippen LogP contribution in [0.3, 0.4) is 0 Å². The molecule has 0 atom stereocenters. The maximum Gasteiger partial charge on any atom is 0.254 e. The molecule has 4 heteroatoms. The Morgan fingerprint density at radius 1 is 1.37 bits per heavy atom. The summed E-state index contributed by atoms with van der Waals surface area (Å²) in [5.41, 5.74) is 2.55. The van der Waals surface area contributed by atoms with Gasteiger partial charge in [0.15, 0.2) is 0 Å². The molecule has 0 spiro atoms. The smallest absolute Gasteiger partial charge is 0.254 e. The van der Waals surface area contributed by atoms with Gasteiger partial charge >= 0.3 is 0 Å². The Labute approximate surface area is 117 Å². The van der Waals surface area contributed by atoms with Gasteiger partial charge in [0, 0.05) is 22.7 Å². The van der Waals surface area contributed by atoms with E-state index in [4.69, 9.17) is 11.6 Å². The average Bonchev–Trinajstić information content (AvgIpc) is 2.27. The molecular formula is C15H17ClN2O. The molecule has 0 aliphatic rings. The van der Waals surface area contributed by atoms with Crippen molar-refractivity contribution in [2.24, 2.45) is 0 Å². The first-order chi connectivity index (χ1) is 8.97. The second-order valence-electron chi connectivity index (χ2n) is 4.97. The highest BCUT2D eigenvalue weighted by atomic mass is 35.5. The molecule has 0 saturated carbocycles. The molecule has 1 aromatic heterocycles. The van der Waals surface area contributed by atoms with Crippen molar-refractivity contribution in [3.63, 3.8) is 0 Å². The van der Waals surface area contributed by atoms with Gasteiger partial charge in [-0.25, -0.2) is 4.98 Å². The van der Waals surface area contributed by atoms with Crippen LogP contribution in [0.15, 0.2) is 29.1 Å². The van der Waals surface area contributed by atoms with Crippen molar-refractivity contribution in [1.82, 2.24) is 9.97 Å². The number of hydrogen-bond acceptors (Lipinski definition) is 2. The van der Waals surface area contributed by atoms with Gasteiger partial charge in [0.2, 0.25) is 0 Å². The van der Waals surface area contributed by atoms with E-state index in [0.29, 0.717) is 17.3 Å². The van der Waals surface area contributed by atoms with Gasteiger partial charge in [0.1, 0.15) is 5.82 Å². The van der Waals surface area contributed by atoms with Crippen LogP contribution in [-0.2, 0) is 6.42 Å². The van der Waals surface area contributed by atoms with Crippen LogP contribution < -0.4 is 5.56 Å². The third-order valence-electron chi connectivity index (χ3n) is 3.03.